The summed E-state index contributed by atoms with van der Waals surface area (Å²) in [4.78, 5) is 12.5. The molecule has 132 valence electrons. The monoisotopic (exact) mass is 351 g/mol. The third kappa shape index (κ3) is 4.15. The van der Waals surface area contributed by atoms with Crippen LogP contribution in [-0.4, -0.2) is 57.1 Å². The third-order valence-corrected chi connectivity index (χ3v) is 6.17. The van der Waals surface area contributed by atoms with E-state index >= 15 is 0 Å². The smallest absolute Gasteiger partial charge is 0.251 e. The second-order valence-corrected chi connectivity index (χ2v) is 8.63. The fraction of sp³-hybridized carbons (Fsp3) is 0.588. The molecule has 0 spiro atoms. The van der Waals surface area contributed by atoms with Gasteiger partial charge in [0.1, 0.15) is 0 Å². The number of amides is 1. The van der Waals surface area contributed by atoms with Crippen LogP contribution in [0.3, 0.4) is 0 Å². The zero-order valence-corrected chi connectivity index (χ0v) is 14.9. The van der Waals surface area contributed by atoms with Crippen molar-refractivity contribution in [1.29, 1.82) is 0 Å². The fourth-order valence-corrected chi connectivity index (χ4v) is 4.29. The summed E-state index contributed by atoms with van der Waals surface area (Å²) in [5.41, 5.74) is 3.26. The van der Waals surface area contributed by atoms with Crippen molar-refractivity contribution >= 4 is 15.9 Å². The minimum atomic E-state index is -3.13. The minimum absolute atomic E-state index is 0.0379. The van der Waals surface area contributed by atoms with E-state index in [4.69, 9.17) is 0 Å². The molecule has 0 aliphatic carbocycles. The SMILES string of the molecule is CS(=O)(=O)N1CCC(NC(=O)c2ccc3c(c2)CCNCC3)CC1. The number of carbonyl (C=O) groups excluding carboxylic acids is 1. The Labute approximate surface area is 143 Å². The van der Waals surface area contributed by atoms with Crippen molar-refractivity contribution in [3.05, 3.63) is 34.9 Å². The maximum Gasteiger partial charge on any atom is 0.251 e. The number of hydrogen-bond donors (Lipinski definition) is 2. The van der Waals surface area contributed by atoms with Crippen molar-refractivity contribution in [2.24, 2.45) is 0 Å². The number of benzene rings is 1. The molecule has 0 saturated carbocycles. The molecule has 0 bridgehead atoms. The Balaban J connectivity index is 1.61. The summed E-state index contributed by atoms with van der Waals surface area (Å²) in [7, 11) is -3.13. The van der Waals surface area contributed by atoms with Gasteiger partial charge in [0.15, 0.2) is 0 Å². The molecule has 1 aromatic carbocycles. The van der Waals surface area contributed by atoms with Gasteiger partial charge in [0, 0.05) is 24.7 Å². The Morgan fingerprint density at radius 3 is 2.50 bits per heavy atom. The Morgan fingerprint density at radius 1 is 1.17 bits per heavy atom. The number of rotatable bonds is 3. The number of carbonyl (C=O) groups is 1. The number of sulfonamides is 1. The van der Waals surface area contributed by atoms with E-state index in [1.54, 1.807) is 0 Å². The van der Waals surface area contributed by atoms with E-state index in [9.17, 15) is 13.2 Å². The molecule has 6 nitrogen and oxygen atoms in total. The van der Waals surface area contributed by atoms with E-state index < -0.39 is 10.0 Å². The highest BCUT2D eigenvalue weighted by Crippen LogP contribution is 2.17. The van der Waals surface area contributed by atoms with Gasteiger partial charge in [-0.15, -0.1) is 0 Å². The van der Waals surface area contributed by atoms with Gasteiger partial charge in [-0.05, 0) is 62.0 Å². The molecule has 1 amide bonds. The molecular weight excluding hydrogens is 326 g/mol. The van der Waals surface area contributed by atoms with Gasteiger partial charge in [-0.1, -0.05) is 6.07 Å². The van der Waals surface area contributed by atoms with Gasteiger partial charge in [0.05, 0.1) is 6.26 Å². The Morgan fingerprint density at radius 2 is 1.83 bits per heavy atom. The second-order valence-electron chi connectivity index (χ2n) is 6.64. The quantitative estimate of drug-likeness (QED) is 0.833. The first-order chi connectivity index (χ1) is 11.4. The van der Waals surface area contributed by atoms with Gasteiger partial charge in [0.2, 0.25) is 10.0 Å². The Kier molecular flexibility index (Phi) is 5.22. The van der Waals surface area contributed by atoms with Crippen molar-refractivity contribution < 1.29 is 13.2 Å². The van der Waals surface area contributed by atoms with Crippen LogP contribution in [0.2, 0.25) is 0 Å². The van der Waals surface area contributed by atoms with Crippen molar-refractivity contribution in [1.82, 2.24) is 14.9 Å². The van der Waals surface area contributed by atoms with Crippen LogP contribution in [0, 0.1) is 0 Å². The molecule has 7 heteroatoms. The third-order valence-electron chi connectivity index (χ3n) is 4.87. The summed E-state index contributed by atoms with van der Waals surface area (Å²) in [6.45, 7) is 2.87. The van der Waals surface area contributed by atoms with E-state index in [1.165, 1.54) is 21.7 Å². The predicted molar refractivity (Wildman–Crippen MR) is 93.6 cm³/mol. The lowest BCUT2D eigenvalue weighted by atomic mass is 9.99. The van der Waals surface area contributed by atoms with Gasteiger partial charge in [-0.3, -0.25) is 4.79 Å². The lowest BCUT2D eigenvalue weighted by Gasteiger charge is -2.30. The number of nitrogens with zero attached hydrogens (tertiary/aromatic N) is 1. The highest BCUT2D eigenvalue weighted by Gasteiger charge is 2.26. The number of hydrogen-bond acceptors (Lipinski definition) is 4. The van der Waals surface area contributed by atoms with Crippen molar-refractivity contribution in [2.45, 2.75) is 31.7 Å². The maximum atomic E-state index is 12.5. The van der Waals surface area contributed by atoms with Crippen LogP contribution < -0.4 is 10.6 Å². The zero-order chi connectivity index (χ0) is 17.2. The number of piperidine rings is 1. The molecule has 2 aliphatic rings. The summed E-state index contributed by atoms with van der Waals surface area (Å²) in [6.07, 6.45) is 4.50. The van der Waals surface area contributed by atoms with Gasteiger partial charge >= 0.3 is 0 Å². The lowest BCUT2D eigenvalue weighted by Crippen LogP contribution is -2.46. The molecule has 1 aromatic rings. The lowest BCUT2D eigenvalue weighted by molar-refractivity contribution is 0.0924. The molecule has 2 aliphatic heterocycles. The number of fused-ring (bicyclic) bond motifs is 1. The Bertz CT molecular complexity index is 710. The molecule has 2 N–H and O–H groups in total. The van der Waals surface area contributed by atoms with Crippen molar-refractivity contribution in [2.75, 3.05) is 32.4 Å². The summed E-state index contributed by atoms with van der Waals surface area (Å²) < 4.78 is 24.5. The van der Waals surface area contributed by atoms with Crippen LogP contribution in [0.25, 0.3) is 0 Å². The molecule has 3 rings (SSSR count). The van der Waals surface area contributed by atoms with Crippen LogP contribution in [0.15, 0.2) is 18.2 Å². The second kappa shape index (κ2) is 7.21. The predicted octanol–water partition coefficient (Wildman–Crippen LogP) is 0.529. The molecule has 0 radical (unpaired) electrons. The first kappa shape index (κ1) is 17.4. The fourth-order valence-electron chi connectivity index (χ4n) is 3.42. The van der Waals surface area contributed by atoms with Gasteiger partial charge in [-0.2, -0.15) is 0 Å². The molecule has 1 saturated heterocycles. The molecule has 24 heavy (non-hydrogen) atoms. The van der Waals surface area contributed by atoms with Crippen molar-refractivity contribution in [3.63, 3.8) is 0 Å². The first-order valence-electron chi connectivity index (χ1n) is 8.52. The van der Waals surface area contributed by atoms with E-state index in [0.29, 0.717) is 31.5 Å². The highest BCUT2D eigenvalue weighted by atomic mass is 32.2. The van der Waals surface area contributed by atoms with Crippen molar-refractivity contribution in [3.8, 4) is 0 Å². The van der Waals surface area contributed by atoms with Crippen LogP contribution in [-0.2, 0) is 22.9 Å². The average molecular weight is 351 g/mol. The summed E-state index contributed by atoms with van der Waals surface area (Å²) in [5.74, 6) is -0.0622. The maximum absolute atomic E-state index is 12.5. The minimum Gasteiger partial charge on any atom is -0.349 e. The van der Waals surface area contributed by atoms with Gasteiger partial charge < -0.3 is 10.6 Å². The topological polar surface area (TPSA) is 78.5 Å². The summed E-state index contributed by atoms with van der Waals surface area (Å²) in [6, 6.07) is 5.99. The molecule has 1 fully saturated rings. The summed E-state index contributed by atoms with van der Waals surface area (Å²) >= 11 is 0. The zero-order valence-electron chi connectivity index (χ0n) is 14.0. The van der Waals surface area contributed by atoms with Gasteiger partial charge in [0.25, 0.3) is 5.91 Å². The average Bonchev–Trinajstić information content (AvgIpc) is 2.79. The van der Waals surface area contributed by atoms with Crippen LogP contribution >= 0.6 is 0 Å². The molecule has 0 unspecified atom stereocenters. The van der Waals surface area contributed by atoms with Gasteiger partial charge in [-0.25, -0.2) is 12.7 Å². The standard InChI is InChI=1S/C17H25N3O3S/c1-24(22,23)20-10-6-16(7-11-20)19-17(21)15-3-2-13-4-8-18-9-5-14(13)12-15/h2-3,12,16,18H,4-11H2,1H3,(H,19,21). The normalized spacial score (nSPS) is 20.2. The van der Waals surface area contributed by atoms with Crippen LogP contribution in [0.4, 0.5) is 0 Å². The molecule has 0 aromatic heterocycles. The van der Waals surface area contributed by atoms with Crippen LogP contribution in [0.1, 0.15) is 34.3 Å². The number of nitrogens with one attached hydrogen (secondary N) is 2. The van der Waals surface area contributed by atoms with E-state index in [-0.39, 0.29) is 11.9 Å². The van der Waals surface area contributed by atoms with E-state index in [0.717, 1.165) is 25.9 Å². The van der Waals surface area contributed by atoms with Crippen LogP contribution in [0.5, 0.6) is 0 Å². The highest BCUT2D eigenvalue weighted by molar-refractivity contribution is 7.88. The first-order valence-corrected chi connectivity index (χ1v) is 10.4. The molecule has 2 heterocycles. The van der Waals surface area contributed by atoms with E-state index in [2.05, 4.69) is 16.7 Å². The summed E-state index contributed by atoms with van der Waals surface area (Å²) in [5, 5.41) is 6.42. The largest absolute Gasteiger partial charge is 0.349 e. The van der Waals surface area contributed by atoms with E-state index in [1.807, 2.05) is 12.1 Å². The molecular formula is C17H25N3O3S. The Hall–Kier alpha value is -1.44. The molecule has 0 atom stereocenters.